The molecule has 3 rings (SSSR count). The van der Waals surface area contributed by atoms with E-state index in [2.05, 4.69) is 20.6 Å². The van der Waals surface area contributed by atoms with Crippen LogP contribution in [0.25, 0.3) is 11.4 Å². The Morgan fingerprint density at radius 1 is 1.26 bits per heavy atom. The van der Waals surface area contributed by atoms with Crippen LogP contribution >= 0.6 is 0 Å². The molecular formula is C17H20N4O2. The molecule has 0 atom stereocenters. The first-order valence-electron chi connectivity index (χ1n) is 7.74. The fourth-order valence-electron chi connectivity index (χ4n) is 2.15. The van der Waals surface area contributed by atoms with Gasteiger partial charge >= 0.3 is 0 Å². The third kappa shape index (κ3) is 4.26. The maximum Gasteiger partial charge on any atom is 0.270 e. The largest absolute Gasteiger partial charge is 0.383 e. The van der Waals surface area contributed by atoms with E-state index in [4.69, 9.17) is 4.74 Å². The molecule has 2 aromatic rings. The van der Waals surface area contributed by atoms with Gasteiger partial charge in [-0.1, -0.05) is 30.3 Å². The van der Waals surface area contributed by atoms with Crippen LogP contribution in [0.5, 0.6) is 0 Å². The summed E-state index contributed by atoms with van der Waals surface area (Å²) >= 11 is 0. The first-order valence-corrected chi connectivity index (χ1v) is 7.74. The summed E-state index contributed by atoms with van der Waals surface area (Å²) < 4.78 is 4.95. The van der Waals surface area contributed by atoms with Crippen LogP contribution in [0.1, 0.15) is 23.3 Å². The number of carbonyl (C=O) groups is 1. The molecule has 0 aliphatic heterocycles. The second-order valence-electron chi connectivity index (χ2n) is 5.50. The molecule has 1 aromatic heterocycles. The van der Waals surface area contributed by atoms with Crippen LogP contribution in [0.4, 0.5) is 5.82 Å². The minimum absolute atomic E-state index is 0.222. The standard InChI is InChI=1S/C17H20N4O2/c1-23-10-9-18-17(22)14-11-15(19-13-7-8-13)21-16(20-14)12-5-3-2-4-6-12/h2-6,11,13H,7-10H2,1H3,(H,18,22)(H,19,20,21). The van der Waals surface area contributed by atoms with E-state index in [0.29, 0.717) is 36.5 Å². The molecule has 6 nitrogen and oxygen atoms in total. The zero-order valence-corrected chi connectivity index (χ0v) is 13.1. The number of hydrogen-bond acceptors (Lipinski definition) is 5. The van der Waals surface area contributed by atoms with Crippen molar-refractivity contribution in [2.24, 2.45) is 0 Å². The summed E-state index contributed by atoms with van der Waals surface area (Å²) in [6.07, 6.45) is 2.28. The number of ether oxygens (including phenoxy) is 1. The number of amides is 1. The molecule has 1 aliphatic rings. The molecule has 1 aromatic carbocycles. The van der Waals surface area contributed by atoms with Crippen molar-refractivity contribution in [3.8, 4) is 11.4 Å². The Kier molecular flexibility index (Phi) is 4.83. The number of anilines is 1. The monoisotopic (exact) mass is 312 g/mol. The fourth-order valence-corrected chi connectivity index (χ4v) is 2.15. The van der Waals surface area contributed by atoms with Gasteiger partial charge in [0.2, 0.25) is 0 Å². The fraction of sp³-hybridized carbons (Fsp3) is 0.353. The van der Waals surface area contributed by atoms with Crippen molar-refractivity contribution in [1.82, 2.24) is 15.3 Å². The van der Waals surface area contributed by atoms with Crippen LogP contribution in [-0.2, 0) is 4.74 Å². The Bertz CT molecular complexity index is 672. The van der Waals surface area contributed by atoms with Gasteiger partial charge in [-0.05, 0) is 12.8 Å². The van der Waals surface area contributed by atoms with Gasteiger partial charge in [-0.25, -0.2) is 9.97 Å². The van der Waals surface area contributed by atoms with Crippen molar-refractivity contribution < 1.29 is 9.53 Å². The van der Waals surface area contributed by atoms with E-state index in [9.17, 15) is 4.79 Å². The lowest BCUT2D eigenvalue weighted by Gasteiger charge is -2.10. The van der Waals surface area contributed by atoms with Gasteiger partial charge in [0.25, 0.3) is 5.91 Å². The third-order valence-electron chi connectivity index (χ3n) is 3.51. The number of aromatic nitrogens is 2. The van der Waals surface area contributed by atoms with Crippen LogP contribution in [0.15, 0.2) is 36.4 Å². The van der Waals surface area contributed by atoms with Crippen LogP contribution in [0.2, 0.25) is 0 Å². The molecule has 2 N–H and O–H groups in total. The van der Waals surface area contributed by atoms with E-state index in [-0.39, 0.29) is 5.91 Å². The number of rotatable bonds is 7. The third-order valence-corrected chi connectivity index (χ3v) is 3.51. The molecule has 0 spiro atoms. The number of carbonyl (C=O) groups excluding carboxylic acids is 1. The SMILES string of the molecule is COCCNC(=O)c1cc(NC2CC2)nc(-c2ccccc2)n1. The summed E-state index contributed by atoms with van der Waals surface area (Å²) in [6, 6.07) is 11.8. The van der Waals surface area contributed by atoms with E-state index >= 15 is 0 Å². The molecule has 6 heteroatoms. The molecule has 23 heavy (non-hydrogen) atoms. The molecule has 0 bridgehead atoms. The topological polar surface area (TPSA) is 76.1 Å². The summed E-state index contributed by atoms with van der Waals surface area (Å²) in [5.41, 5.74) is 1.25. The highest BCUT2D eigenvalue weighted by molar-refractivity contribution is 5.93. The minimum atomic E-state index is -0.222. The second-order valence-corrected chi connectivity index (χ2v) is 5.50. The Morgan fingerprint density at radius 2 is 2.04 bits per heavy atom. The Morgan fingerprint density at radius 3 is 2.74 bits per heavy atom. The van der Waals surface area contributed by atoms with Gasteiger partial charge in [0, 0.05) is 31.3 Å². The molecule has 1 fully saturated rings. The van der Waals surface area contributed by atoms with Gasteiger partial charge in [0.15, 0.2) is 5.82 Å². The highest BCUT2D eigenvalue weighted by atomic mass is 16.5. The number of nitrogens with one attached hydrogen (secondary N) is 2. The zero-order valence-electron chi connectivity index (χ0n) is 13.1. The average molecular weight is 312 g/mol. The normalized spacial score (nSPS) is 13.6. The molecule has 120 valence electrons. The lowest BCUT2D eigenvalue weighted by Crippen LogP contribution is -2.28. The average Bonchev–Trinajstić information content (AvgIpc) is 3.39. The predicted molar refractivity (Wildman–Crippen MR) is 88.3 cm³/mol. The lowest BCUT2D eigenvalue weighted by molar-refractivity contribution is 0.0932. The van der Waals surface area contributed by atoms with Crippen molar-refractivity contribution in [1.29, 1.82) is 0 Å². The van der Waals surface area contributed by atoms with Gasteiger partial charge in [-0.3, -0.25) is 4.79 Å². The molecule has 1 saturated carbocycles. The van der Waals surface area contributed by atoms with E-state index in [1.807, 2.05) is 30.3 Å². The van der Waals surface area contributed by atoms with Gasteiger partial charge in [-0.15, -0.1) is 0 Å². The van der Waals surface area contributed by atoms with Crippen molar-refractivity contribution in [3.05, 3.63) is 42.1 Å². The van der Waals surface area contributed by atoms with Crippen LogP contribution in [0, 0.1) is 0 Å². The van der Waals surface area contributed by atoms with Crippen molar-refractivity contribution in [3.63, 3.8) is 0 Å². The number of hydrogen-bond donors (Lipinski definition) is 2. The summed E-state index contributed by atoms with van der Waals surface area (Å²) in [5, 5.41) is 6.13. The highest BCUT2D eigenvalue weighted by Gasteiger charge is 2.22. The van der Waals surface area contributed by atoms with Crippen molar-refractivity contribution in [2.75, 3.05) is 25.6 Å². The van der Waals surface area contributed by atoms with Crippen molar-refractivity contribution >= 4 is 11.7 Å². The molecular weight excluding hydrogens is 292 g/mol. The van der Waals surface area contributed by atoms with Crippen LogP contribution in [-0.4, -0.2) is 42.2 Å². The lowest BCUT2D eigenvalue weighted by atomic mass is 10.2. The molecule has 1 heterocycles. The molecule has 0 unspecified atom stereocenters. The van der Waals surface area contributed by atoms with Crippen LogP contribution < -0.4 is 10.6 Å². The minimum Gasteiger partial charge on any atom is -0.383 e. The smallest absolute Gasteiger partial charge is 0.270 e. The number of methoxy groups -OCH3 is 1. The van der Waals surface area contributed by atoms with E-state index in [1.165, 1.54) is 0 Å². The molecule has 1 aliphatic carbocycles. The summed E-state index contributed by atoms with van der Waals surface area (Å²) in [7, 11) is 1.60. The van der Waals surface area contributed by atoms with Gasteiger partial charge in [0.1, 0.15) is 11.5 Å². The first kappa shape index (κ1) is 15.4. The molecule has 0 saturated heterocycles. The van der Waals surface area contributed by atoms with E-state index in [1.54, 1.807) is 13.2 Å². The second kappa shape index (κ2) is 7.19. The number of nitrogens with zero attached hydrogens (tertiary/aromatic N) is 2. The Labute approximate surface area is 135 Å². The van der Waals surface area contributed by atoms with Crippen LogP contribution in [0.3, 0.4) is 0 Å². The number of benzene rings is 1. The van der Waals surface area contributed by atoms with E-state index < -0.39 is 0 Å². The zero-order chi connectivity index (χ0) is 16.1. The highest BCUT2D eigenvalue weighted by Crippen LogP contribution is 2.25. The van der Waals surface area contributed by atoms with Gasteiger partial charge in [-0.2, -0.15) is 0 Å². The predicted octanol–water partition coefficient (Wildman–Crippen LogP) is 2.09. The Hall–Kier alpha value is -2.47. The maximum absolute atomic E-state index is 12.3. The summed E-state index contributed by atoms with van der Waals surface area (Å²) in [6.45, 7) is 0.918. The maximum atomic E-state index is 12.3. The Balaban J connectivity index is 1.86. The quantitative estimate of drug-likeness (QED) is 0.766. The van der Waals surface area contributed by atoms with Crippen molar-refractivity contribution in [2.45, 2.75) is 18.9 Å². The summed E-state index contributed by atoms with van der Waals surface area (Å²) in [5.74, 6) is 1.02. The molecule has 1 amide bonds. The van der Waals surface area contributed by atoms with Gasteiger partial charge in [0.05, 0.1) is 6.61 Å². The van der Waals surface area contributed by atoms with Gasteiger partial charge < -0.3 is 15.4 Å². The molecule has 0 radical (unpaired) electrons. The first-order chi connectivity index (χ1) is 11.3. The summed E-state index contributed by atoms with van der Waals surface area (Å²) in [4.78, 5) is 21.2. The van der Waals surface area contributed by atoms with E-state index in [0.717, 1.165) is 18.4 Å².